The maximum Gasteiger partial charge on any atom is 0.270 e. The number of aromatic amines is 1. The highest BCUT2D eigenvalue weighted by molar-refractivity contribution is 5.97. The summed E-state index contributed by atoms with van der Waals surface area (Å²) in [6, 6.07) is 3.37. The lowest BCUT2D eigenvalue weighted by atomic mass is 10.2. The Morgan fingerprint density at radius 1 is 1.05 bits per heavy atom. The molecule has 0 aromatic carbocycles. The maximum atomic E-state index is 12.4. The van der Waals surface area contributed by atoms with E-state index in [9.17, 15) is 9.59 Å². The van der Waals surface area contributed by atoms with E-state index < -0.39 is 0 Å². The Morgan fingerprint density at radius 2 is 1.58 bits per heavy atom. The van der Waals surface area contributed by atoms with Gasteiger partial charge in [0, 0.05) is 20.0 Å². The first-order valence-electron chi connectivity index (χ1n) is 7.09. The molecule has 0 aliphatic heterocycles. The molecule has 0 saturated carbocycles. The zero-order valence-electron chi connectivity index (χ0n) is 12.2. The Hall–Kier alpha value is -1.58. The summed E-state index contributed by atoms with van der Waals surface area (Å²) in [4.78, 5) is 28.4. The largest absolute Gasteiger partial charge is 0.348 e. The van der Waals surface area contributed by atoms with Crippen molar-refractivity contribution in [3.63, 3.8) is 0 Å². The first kappa shape index (κ1) is 15.5. The van der Waals surface area contributed by atoms with E-state index in [0.717, 1.165) is 38.8 Å². The number of rotatable bonds is 8. The lowest BCUT2D eigenvalue weighted by molar-refractivity contribution is 0.0746. The van der Waals surface area contributed by atoms with Crippen molar-refractivity contribution in [1.29, 1.82) is 0 Å². The van der Waals surface area contributed by atoms with Crippen LogP contribution >= 0.6 is 0 Å². The van der Waals surface area contributed by atoms with Crippen molar-refractivity contribution in [2.24, 2.45) is 0 Å². The summed E-state index contributed by atoms with van der Waals surface area (Å²) in [5, 5.41) is 0. The normalized spacial score (nSPS) is 10.5. The molecule has 0 saturated heterocycles. The third-order valence-electron chi connectivity index (χ3n) is 3.15. The third-order valence-corrected chi connectivity index (χ3v) is 3.15. The minimum absolute atomic E-state index is 0.00519. The monoisotopic (exact) mass is 264 g/mol. The number of carbonyl (C=O) groups is 2. The van der Waals surface area contributed by atoms with Crippen LogP contribution in [0, 0.1) is 0 Å². The predicted octanol–water partition coefficient (Wildman–Crippen LogP) is 3.26. The number of nitrogens with zero attached hydrogens (tertiary/aromatic N) is 1. The number of nitrogens with one attached hydrogen (secondary N) is 1. The molecule has 19 heavy (non-hydrogen) atoms. The molecule has 0 unspecified atom stereocenters. The van der Waals surface area contributed by atoms with Crippen molar-refractivity contribution in [3.05, 3.63) is 23.5 Å². The Labute approximate surface area is 115 Å². The third kappa shape index (κ3) is 4.54. The molecule has 0 spiro atoms. The Kier molecular flexibility index (Phi) is 6.33. The first-order valence-corrected chi connectivity index (χ1v) is 7.09. The van der Waals surface area contributed by atoms with Crippen molar-refractivity contribution < 1.29 is 9.59 Å². The molecule has 4 nitrogen and oxygen atoms in total. The van der Waals surface area contributed by atoms with E-state index in [-0.39, 0.29) is 11.7 Å². The molecule has 1 N–H and O–H groups in total. The molecule has 0 aliphatic rings. The number of hydrogen-bond acceptors (Lipinski definition) is 2. The fraction of sp³-hybridized carbons (Fsp3) is 0.600. The fourth-order valence-corrected chi connectivity index (χ4v) is 1.91. The molecule has 0 bridgehead atoms. The molecule has 1 aromatic rings. The first-order chi connectivity index (χ1) is 9.10. The number of amides is 1. The molecule has 0 radical (unpaired) electrons. The Balaban J connectivity index is 2.75. The average molecular weight is 264 g/mol. The molecule has 0 atom stereocenters. The van der Waals surface area contributed by atoms with Gasteiger partial charge in [0.25, 0.3) is 5.91 Å². The standard InChI is InChI=1S/C15H24N2O2/c1-4-6-10-17(11-7-5-2)15(19)14-9-8-13(16-14)12(3)18/h8-9,16H,4-7,10-11H2,1-3H3. The molecule has 1 rings (SSSR count). The van der Waals surface area contributed by atoms with E-state index in [1.165, 1.54) is 6.92 Å². The summed E-state index contributed by atoms with van der Waals surface area (Å²) in [6.07, 6.45) is 4.16. The molecule has 106 valence electrons. The van der Waals surface area contributed by atoms with Crippen LogP contribution in [0.5, 0.6) is 0 Å². The highest BCUT2D eigenvalue weighted by atomic mass is 16.2. The van der Waals surface area contributed by atoms with Gasteiger partial charge in [0.2, 0.25) is 0 Å². The van der Waals surface area contributed by atoms with Crippen LogP contribution in [-0.4, -0.2) is 34.7 Å². The molecule has 1 heterocycles. The number of aromatic nitrogens is 1. The van der Waals surface area contributed by atoms with E-state index in [0.29, 0.717) is 11.4 Å². The number of unbranched alkanes of at least 4 members (excludes halogenated alkanes) is 2. The van der Waals surface area contributed by atoms with Crippen molar-refractivity contribution in [3.8, 4) is 0 Å². The highest BCUT2D eigenvalue weighted by Crippen LogP contribution is 2.09. The average Bonchev–Trinajstić information content (AvgIpc) is 2.88. The molecular formula is C15H24N2O2. The molecule has 1 aromatic heterocycles. The van der Waals surface area contributed by atoms with Gasteiger partial charge < -0.3 is 9.88 Å². The van der Waals surface area contributed by atoms with Gasteiger partial charge in [-0.3, -0.25) is 9.59 Å². The summed E-state index contributed by atoms with van der Waals surface area (Å²) in [7, 11) is 0. The van der Waals surface area contributed by atoms with Gasteiger partial charge in [0.15, 0.2) is 5.78 Å². The Bertz CT molecular complexity index is 416. The van der Waals surface area contributed by atoms with Crippen LogP contribution in [0.3, 0.4) is 0 Å². The Morgan fingerprint density at radius 3 is 2.00 bits per heavy atom. The lowest BCUT2D eigenvalue weighted by Crippen LogP contribution is -2.33. The minimum Gasteiger partial charge on any atom is -0.348 e. The van der Waals surface area contributed by atoms with Gasteiger partial charge in [-0.15, -0.1) is 0 Å². The second kappa shape index (κ2) is 7.77. The number of carbonyl (C=O) groups excluding carboxylic acids is 2. The second-order valence-electron chi connectivity index (χ2n) is 4.84. The SMILES string of the molecule is CCCCN(CCCC)C(=O)c1ccc(C(C)=O)[nH]1. The number of Topliss-reactive ketones (excluding diaryl/α,β-unsaturated/α-hetero) is 1. The summed E-state index contributed by atoms with van der Waals surface area (Å²) in [5.74, 6) is -0.0536. The van der Waals surface area contributed by atoms with Gasteiger partial charge in [-0.2, -0.15) is 0 Å². The van der Waals surface area contributed by atoms with Crippen LogP contribution in [0.1, 0.15) is 67.4 Å². The van der Waals surface area contributed by atoms with E-state index in [4.69, 9.17) is 0 Å². The van der Waals surface area contributed by atoms with Gasteiger partial charge in [0.05, 0.1) is 5.69 Å². The second-order valence-corrected chi connectivity index (χ2v) is 4.84. The predicted molar refractivity (Wildman–Crippen MR) is 76.5 cm³/mol. The topological polar surface area (TPSA) is 53.2 Å². The van der Waals surface area contributed by atoms with E-state index in [1.54, 1.807) is 12.1 Å². The number of hydrogen-bond donors (Lipinski definition) is 1. The number of H-pyrrole nitrogens is 1. The highest BCUT2D eigenvalue weighted by Gasteiger charge is 2.17. The van der Waals surface area contributed by atoms with E-state index in [1.807, 2.05) is 4.90 Å². The number of ketones is 1. The summed E-state index contributed by atoms with van der Waals surface area (Å²) >= 11 is 0. The van der Waals surface area contributed by atoms with Crippen LogP contribution in [-0.2, 0) is 0 Å². The van der Waals surface area contributed by atoms with Gasteiger partial charge in [0.1, 0.15) is 5.69 Å². The summed E-state index contributed by atoms with van der Waals surface area (Å²) in [6.45, 7) is 7.29. The quantitative estimate of drug-likeness (QED) is 0.733. The van der Waals surface area contributed by atoms with Crippen molar-refractivity contribution >= 4 is 11.7 Å². The summed E-state index contributed by atoms with van der Waals surface area (Å²) in [5.41, 5.74) is 1.01. The zero-order chi connectivity index (χ0) is 14.3. The molecular weight excluding hydrogens is 240 g/mol. The van der Waals surface area contributed by atoms with E-state index in [2.05, 4.69) is 18.8 Å². The van der Waals surface area contributed by atoms with Crippen LogP contribution in [0.15, 0.2) is 12.1 Å². The minimum atomic E-state index is -0.0484. The van der Waals surface area contributed by atoms with Gasteiger partial charge >= 0.3 is 0 Å². The van der Waals surface area contributed by atoms with Crippen molar-refractivity contribution in [1.82, 2.24) is 9.88 Å². The molecule has 0 aliphatic carbocycles. The smallest absolute Gasteiger partial charge is 0.270 e. The van der Waals surface area contributed by atoms with Gasteiger partial charge in [-0.05, 0) is 25.0 Å². The van der Waals surface area contributed by atoms with Crippen LogP contribution in [0.25, 0.3) is 0 Å². The zero-order valence-corrected chi connectivity index (χ0v) is 12.2. The summed E-state index contributed by atoms with van der Waals surface area (Å²) < 4.78 is 0. The van der Waals surface area contributed by atoms with Gasteiger partial charge in [-0.1, -0.05) is 26.7 Å². The fourth-order valence-electron chi connectivity index (χ4n) is 1.91. The molecule has 0 fully saturated rings. The molecule has 1 amide bonds. The lowest BCUT2D eigenvalue weighted by Gasteiger charge is -2.21. The maximum absolute atomic E-state index is 12.4. The van der Waals surface area contributed by atoms with Crippen molar-refractivity contribution in [2.45, 2.75) is 46.5 Å². The van der Waals surface area contributed by atoms with Crippen LogP contribution < -0.4 is 0 Å². The van der Waals surface area contributed by atoms with Crippen molar-refractivity contribution in [2.75, 3.05) is 13.1 Å². The molecule has 4 heteroatoms. The van der Waals surface area contributed by atoms with E-state index >= 15 is 0 Å². The van der Waals surface area contributed by atoms with Crippen LogP contribution in [0.2, 0.25) is 0 Å². The van der Waals surface area contributed by atoms with Gasteiger partial charge in [-0.25, -0.2) is 0 Å². The van der Waals surface area contributed by atoms with Crippen LogP contribution in [0.4, 0.5) is 0 Å².